The average molecular weight is 248 g/mol. The molecule has 4 heteroatoms. The fraction of sp³-hybridized carbons (Fsp3) is 0.154. The first kappa shape index (κ1) is 11.8. The Morgan fingerprint density at radius 2 is 2.00 bits per heavy atom. The lowest BCUT2D eigenvalue weighted by Gasteiger charge is -2.01. The van der Waals surface area contributed by atoms with Crippen LogP contribution < -0.4 is 0 Å². The highest BCUT2D eigenvalue weighted by Gasteiger charge is 2.01. The van der Waals surface area contributed by atoms with Gasteiger partial charge in [0.15, 0.2) is 0 Å². The Bertz CT molecular complexity index is 474. The van der Waals surface area contributed by atoms with Gasteiger partial charge in [-0.15, -0.1) is 11.8 Å². The van der Waals surface area contributed by atoms with Crippen molar-refractivity contribution in [3.63, 3.8) is 0 Å². The minimum absolute atomic E-state index is 0.0726. The predicted molar refractivity (Wildman–Crippen MR) is 66.1 cm³/mol. The van der Waals surface area contributed by atoms with E-state index in [-0.39, 0.29) is 6.42 Å². The molecule has 0 saturated carbocycles. The van der Waals surface area contributed by atoms with Crippen LogP contribution in [0.4, 0.5) is 0 Å². The summed E-state index contributed by atoms with van der Waals surface area (Å²) in [7, 11) is 0. The summed E-state index contributed by atoms with van der Waals surface area (Å²) in [5, 5.41) is 8.65. The minimum atomic E-state index is -0.805. The van der Waals surface area contributed by atoms with Crippen molar-refractivity contribution in [3.8, 4) is 0 Å². The van der Waals surface area contributed by atoms with Gasteiger partial charge in [-0.05, 0) is 29.8 Å². The second-order valence-corrected chi connectivity index (χ2v) is 4.63. The van der Waals surface area contributed by atoms with Crippen molar-refractivity contribution in [2.75, 3.05) is 0 Å². The second-order valence-electron chi connectivity index (χ2n) is 3.58. The SMILES string of the molecule is O=C(O)Cc1ccc(SCc2ccco2)cc1. The zero-order valence-electron chi connectivity index (χ0n) is 9.13. The van der Waals surface area contributed by atoms with Crippen molar-refractivity contribution in [1.82, 2.24) is 0 Å². The van der Waals surface area contributed by atoms with E-state index in [1.807, 2.05) is 36.4 Å². The molecule has 0 amide bonds. The molecule has 0 radical (unpaired) electrons. The maximum Gasteiger partial charge on any atom is 0.307 e. The number of furan rings is 1. The highest BCUT2D eigenvalue weighted by Crippen LogP contribution is 2.23. The first-order valence-corrected chi connectivity index (χ1v) is 6.18. The Kier molecular flexibility index (Phi) is 3.88. The molecule has 0 spiro atoms. The summed E-state index contributed by atoms with van der Waals surface area (Å²) in [6, 6.07) is 11.4. The molecule has 88 valence electrons. The molecule has 1 N–H and O–H groups in total. The summed E-state index contributed by atoms with van der Waals surface area (Å²) in [6.45, 7) is 0. The second kappa shape index (κ2) is 5.59. The van der Waals surface area contributed by atoms with E-state index in [1.54, 1.807) is 18.0 Å². The van der Waals surface area contributed by atoms with Gasteiger partial charge in [0.05, 0.1) is 18.4 Å². The van der Waals surface area contributed by atoms with E-state index in [9.17, 15) is 4.79 Å². The van der Waals surface area contributed by atoms with E-state index < -0.39 is 5.97 Å². The number of hydrogen-bond acceptors (Lipinski definition) is 3. The lowest BCUT2D eigenvalue weighted by Crippen LogP contribution is -1.99. The molecule has 0 unspecified atom stereocenters. The number of thioether (sulfide) groups is 1. The van der Waals surface area contributed by atoms with Gasteiger partial charge in [0, 0.05) is 4.90 Å². The standard InChI is InChI=1S/C13H12O3S/c14-13(15)8-10-3-5-12(6-4-10)17-9-11-2-1-7-16-11/h1-7H,8-9H2,(H,14,15). The number of carboxylic acid groups (broad SMARTS) is 1. The van der Waals surface area contributed by atoms with Crippen molar-refractivity contribution in [2.45, 2.75) is 17.1 Å². The third-order valence-electron chi connectivity index (χ3n) is 2.24. The Morgan fingerprint density at radius 1 is 1.24 bits per heavy atom. The molecule has 0 aliphatic carbocycles. The number of carbonyl (C=O) groups is 1. The first-order valence-electron chi connectivity index (χ1n) is 5.20. The molecular weight excluding hydrogens is 236 g/mol. The quantitative estimate of drug-likeness (QED) is 0.825. The molecule has 2 rings (SSSR count). The molecule has 1 aromatic heterocycles. The van der Waals surface area contributed by atoms with Crippen LogP contribution in [0.3, 0.4) is 0 Å². The lowest BCUT2D eigenvalue weighted by molar-refractivity contribution is -0.136. The van der Waals surface area contributed by atoms with E-state index in [0.717, 1.165) is 22.0 Å². The number of rotatable bonds is 5. The van der Waals surface area contributed by atoms with Gasteiger partial charge in [-0.1, -0.05) is 12.1 Å². The first-order chi connectivity index (χ1) is 8.24. The average Bonchev–Trinajstić information content (AvgIpc) is 2.80. The van der Waals surface area contributed by atoms with Crippen molar-refractivity contribution >= 4 is 17.7 Å². The summed E-state index contributed by atoms with van der Waals surface area (Å²) >= 11 is 1.66. The molecule has 1 heterocycles. The zero-order valence-corrected chi connectivity index (χ0v) is 9.94. The van der Waals surface area contributed by atoms with E-state index in [0.29, 0.717) is 0 Å². The van der Waals surface area contributed by atoms with Crippen molar-refractivity contribution in [3.05, 3.63) is 54.0 Å². The molecular formula is C13H12O3S. The van der Waals surface area contributed by atoms with Gasteiger partial charge in [-0.3, -0.25) is 4.79 Å². The van der Waals surface area contributed by atoms with Crippen LogP contribution in [-0.4, -0.2) is 11.1 Å². The van der Waals surface area contributed by atoms with Crippen LogP contribution in [0.5, 0.6) is 0 Å². The van der Waals surface area contributed by atoms with Gasteiger partial charge in [0.2, 0.25) is 0 Å². The fourth-order valence-corrected chi connectivity index (χ4v) is 2.23. The summed E-state index contributed by atoms with van der Waals surface area (Å²) in [6.07, 6.45) is 1.73. The molecule has 0 bridgehead atoms. The number of carboxylic acids is 1. The Labute approximate surface area is 103 Å². The van der Waals surface area contributed by atoms with Crippen LogP contribution in [0.25, 0.3) is 0 Å². The number of benzene rings is 1. The van der Waals surface area contributed by atoms with Gasteiger partial charge >= 0.3 is 5.97 Å². The maximum atomic E-state index is 10.5. The Hall–Kier alpha value is -1.68. The summed E-state index contributed by atoms with van der Waals surface area (Å²) in [5.74, 6) is 0.913. The number of hydrogen-bond donors (Lipinski definition) is 1. The molecule has 0 aliphatic heterocycles. The predicted octanol–water partition coefficient (Wildman–Crippen LogP) is 3.20. The lowest BCUT2D eigenvalue weighted by atomic mass is 10.2. The zero-order chi connectivity index (χ0) is 12.1. The van der Waals surface area contributed by atoms with Crippen molar-refractivity contribution < 1.29 is 14.3 Å². The maximum absolute atomic E-state index is 10.5. The van der Waals surface area contributed by atoms with Crippen molar-refractivity contribution in [2.24, 2.45) is 0 Å². The van der Waals surface area contributed by atoms with Gasteiger partial charge < -0.3 is 9.52 Å². The van der Waals surface area contributed by atoms with Gasteiger partial charge in [0.1, 0.15) is 5.76 Å². The topological polar surface area (TPSA) is 50.4 Å². The highest BCUT2D eigenvalue weighted by atomic mass is 32.2. The Morgan fingerprint density at radius 3 is 2.59 bits per heavy atom. The van der Waals surface area contributed by atoms with Crippen molar-refractivity contribution in [1.29, 1.82) is 0 Å². The molecule has 17 heavy (non-hydrogen) atoms. The number of aliphatic carboxylic acids is 1. The van der Waals surface area contributed by atoms with E-state index >= 15 is 0 Å². The third kappa shape index (κ3) is 3.67. The highest BCUT2D eigenvalue weighted by molar-refractivity contribution is 7.98. The smallest absolute Gasteiger partial charge is 0.307 e. The third-order valence-corrected chi connectivity index (χ3v) is 3.27. The van der Waals surface area contributed by atoms with Gasteiger partial charge in [-0.25, -0.2) is 0 Å². The van der Waals surface area contributed by atoms with Crippen LogP contribution in [0.1, 0.15) is 11.3 Å². The summed E-state index contributed by atoms with van der Waals surface area (Å²) < 4.78 is 5.23. The van der Waals surface area contributed by atoms with Crippen LogP contribution in [0.2, 0.25) is 0 Å². The van der Waals surface area contributed by atoms with E-state index in [4.69, 9.17) is 9.52 Å². The molecule has 1 aromatic carbocycles. The molecule has 0 saturated heterocycles. The summed E-state index contributed by atoms with van der Waals surface area (Å²) in [4.78, 5) is 11.6. The minimum Gasteiger partial charge on any atom is -0.481 e. The summed E-state index contributed by atoms with van der Waals surface area (Å²) in [5.41, 5.74) is 0.819. The van der Waals surface area contributed by atoms with E-state index in [2.05, 4.69) is 0 Å². The van der Waals surface area contributed by atoms with Crippen LogP contribution in [-0.2, 0) is 17.0 Å². The molecule has 0 fully saturated rings. The molecule has 0 atom stereocenters. The van der Waals surface area contributed by atoms with Gasteiger partial charge in [0.25, 0.3) is 0 Å². The largest absolute Gasteiger partial charge is 0.481 e. The molecule has 2 aromatic rings. The monoisotopic (exact) mass is 248 g/mol. The Balaban J connectivity index is 1.91. The van der Waals surface area contributed by atoms with Gasteiger partial charge in [-0.2, -0.15) is 0 Å². The molecule has 0 aliphatic rings. The fourth-order valence-electron chi connectivity index (χ4n) is 1.43. The van der Waals surface area contributed by atoms with Crippen LogP contribution >= 0.6 is 11.8 Å². The normalized spacial score (nSPS) is 10.4. The van der Waals surface area contributed by atoms with Crippen LogP contribution in [0.15, 0.2) is 52.0 Å². The van der Waals surface area contributed by atoms with E-state index in [1.165, 1.54) is 0 Å². The molecule has 3 nitrogen and oxygen atoms in total. The van der Waals surface area contributed by atoms with Crippen LogP contribution in [0, 0.1) is 0 Å².